The SMILES string of the molecule is CCCN(CC1CCCNC1)C(CC)c1ccco1. The summed E-state index contributed by atoms with van der Waals surface area (Å²) in [7, 11) is 0. The molecule has 2 unspecified atom stereocenters. The topological polar surface area (TPSA) is 28.4 Å². The zero-order valence-electron chi connectivity index (χ0n) is 12.4. The van der Waals surface area contributed by atoms with Gasteiger partial charge in [-0.05, 0) is 63.4 Å². The second-order valence-corrected chi connectivity index (χ2v) is 5.65. The molecular formula is C16H28N2O. The summed E-state index contributed by atoms with van der Waals surface area (Å²) >= 11 is 0. The van der Waals surface area contributed by atoms with Crippen LogP contribution in [0.5, 0.6) is 0 Å². The Bertz CT molecular complexity index is 331. The molecule has 0 amide bonds. The lowest BCUT2D eigenvalue weighted by Crippen LogP contribution is -2.40. The highest BCUT2D eigenvalue weighted by atomic mass is 16.3. The van der Waals surface area contributed by atoms with Crippen LogP contribution in [0.25, 0.3) is 0 Å². The van der Waals surface area contributed by atoms with Crippen LogP contribution in [0, 0.1) is 5.92 Å². The molecule has 3 nitrogen and oxygen atoms in total. The van der Waals surface area contributed by atoms with Crippen molar-refractivity contribution in [3.05, 3.63) is 24.2 Å². The highest BCUT2D eigenvalue weighted by Gasteiger charge is 2.24. The number of nitrogens with one attached hydrogen (secondary N) is 1. The second kappa shape index (κ2) is 7.71. The van der Waals surface area contributed by atoms with Crippen molar-refractivity contribution in [3.8, 4) is 0 Å². The van der Waals surface area contributed by atoms with Crippen LogP contribution in [0.15, 0.2) is 22.8 Å². The van der Waals surface area contributed by atoms with Crippen LogP contribution in [-0.4, -0.2) is 31.1 Å². The van der Waals surface area contributed by atoms with Gasteiger partial charge in [0.15, 0.2) is 0 Å². The number of hydrogen-bond acceptors (Lipinski definition) is 3. The molecule has 0 aliphatic carbocycles. The molecule has 2 heterocycles. The molecule has 1 saturated heterocycles. The van der Waals surface area contributed by atoms with Crippen LogP contribution >= 0.6 is 0 Å². The summed E-state index contributed by atoms with van der Waals surface area (Å²) in [6.45, 7) is 9.25. The highest BCUT2D eigenvalue weighted by molar-refractivity contribution is 5.04. The van der Waals surface area contributed by atoms with Crippen molar-refractivity contribution in [2.24, 2.45) is 5.92 Å². The quantitative estimate of drug-likeness (QED) is 0.817. The van der Waals surface area contributed by atoms with Crippen molar-refractivity contribution in [3.63, 3.8) is 0 Å². The summed E-state index contributed by atoms with van der Waals surface area (Å²) in [5, 5.41) is 3.52. The van der Waals surface area contributed by atoms with Crippen LogP contribution in [0.1, 0.15) is 51.3 Å². The first kappa shape index (κ1) is 14.6. The van der Waals surface area contributed by atoms with E-state index in [2.05, 4.69) is 30.1 Å². The van der Waals surface area contributed by atoms with E-state index in [4.69, 9.17) is 4.42 Å². The minimum Gasteiger partial charge on any atom is -0.468 e. The third kappa shape index (κ3) is 4.08. The molecule has 1 aromatic rings. The lowest BCUT2D eigenvalue weighted by Gasteiger charge is -2.34. The van der Waals surface area contributed by atoms with E-state index >= 15 is 0 Å². The Morgan fingerprint density at radius 1 is 1.47 bits per heavy atom. The zero-order chi connectivity index (χ0) is 13.5. The fourth-order valence-corrected chi connectivity index (χ4v) is 3.19. The van der Waals surface area contributed by atoms with Gasteiger partial charge in [-0.15, -0.1) is 0 Å². The molecule has 0 saturated carbocycles. The molecule has 1 aliphatic rings. The van der Waals surface area contributed by atoms with Crippen molar-refractivity contribution >= 4 is 0 Å². The average Bonchev–Trinajstić information content (AvgIpc) is 2.95. The molecule has 0 aromatic carbocycles. The lowest BCUT2D eigenvalue weighted by molar-refractivity contribution is 0.134. The van der Waals surface area contributed by atoms with Crippen LogP contribution in [0.2, 0.25) is 0 Å². The van der Waals surface area contributed by atoms with Gasteiger partial charge in [0.1, 0.15) is 5.76 Å². The predicted molar refractivity (Wildman–Crippen MR) is 79.2 cm³/mol. The summed E-state index contributed by atoms with van der Waals surface area (Å²) in [4.78, 5) is 2.62. The van der Waals surface area contributed by atoms with Crippen LogP contribution in [-0.2, 0) is 0 Å². The zero-order valence-corrected chi connectivity index (χ0v) is 12.4. The van der Waals surface area contributed by atoms with Crippen molar-refractivity contribution in [2.45, 2.75) is 45.6 Å². The van der Waals surface area contributed by atoms with Gasteiger partial charge in [0.05, 0.1) is 12.3 Å². The summed E-state index contributed by atoms with van der Waals surface area (Å²) in [5.41, 5.74) is 0. The van der Waals surface area contributed by atoms with Crippen molar-refractivity contribution in [2.75, 3.05) is 26.2 Å². The third-order valence-electron chi connectivity index (χ3n) is 4.10. The molecule has 19 heavy (non-hydrogen) atoms. The first-order valence-corrected chi connectivity index (χ1v) is 7.83. The van der Waals surface area contributed by atoms with E-state index < -0.39 is 0 Å². The van der Waals surface area contributed by atoms with E-state index in [1.165, 1.54) is 38.9 Å². The van der Waals surface area contributed by atoms with E-state index in [0.29, 0.717) is 6.04 Å². The molecule has 108 valence electrons. The molecule has 1 aliphatic heterocycles. The van der Waals surface area contributed by atoms with Crippen molar-refractivity contribution in [1.82, 2.24) is 10.2 Å². The minimum absolute atomic E-state index is 0.442. The van der Waals surface area contributed by atoms with E-state index in [-0.39, 0.29) is 0 Å². The molecule has 2 rings (SSSR count). The standard InChI is InChI=1S/C16H28N2O/c1-3-10-18(13-14-7-5-9-17-12-14)15(4-2)16-8-6-11-19-16/h6,8,11,14-15,17H,3-5,7,9-10,12-13H2,1-2H3. The van der Waals surface area contributed by atoms with Crippen molar-refractivity contribution in [1.29, 1.82) is 0 Å². The minimum atomic E-state index is 0.442. The molecule has 1 N–H and O–H groups in total. The highest BCUT2D eigenvalue weighted by Crippen LogP contribution is 2.26. The molecule has 2 atom stereocenters. The maximum Gasteiger partial charge on any atom is 0.120 e. The fourth-order valence-electron chi connectivity index (χ4n) is 3.19. The molecule has 0 bridgehead atoms. The first-order valence-electron chi connectivity index (χ1n) is 7.83. The molecule has 1 fully saturated rings. The maximum atomic E-state index is 5.65. The summed E-state index contributed by atoms with van der Waals surface area (Å²) in [5.74, 6) is 1.92. The molecule has 3 heteroatoms. The lowest BCUT2D eigenvalue weighted by atomic mass is 9.97. The van der Waals surface area contributed by atoms with Gasteiger partial charge in [0, 0.05) is 6.54 Å². The van der Waals surface area contributed by atoms with E-state index in [9.17, 15) is 0 Å². The monoisotopic (exact) mass is 264 g/mol. The fraction of sp³-hybridized carbons (Fsp3) is 0.750. The summed E-state index contributed by atoms with van der Waals surface area (Å²) < 4.78 is 5.65. The molecule has 1 aromatic heterocycles. The Kier molecular flexibility index (Phi) is 5.93. The van der Waals surface area contributed by atoms with Gasteiger partial charge < -0.3 is 9.73 Å². The van der Waals surface area contributed by atoms with Gasteiger partial charge in [-0.1, -0.05) is 13.8 Å². The van der Waals surface area contributed by atoms with Crippen LogP contribution in [0.4, 0.5) is 0 Å². The Labute approximate surface area is 117 Å². The smallest absolute Gasteiger partial charge is 0.120 e. The Morgan fingerprint density at radius 2 is 2.37 bits per heavy atom. The second-order valence-electron chi connectivity index (χ2n) is 5.65. The molecule has 0 spiro atoms. The third-order valence-corrected chi connectivity index (χ3v) is 4.10. The van der Waals surface area contributed by atoms with E-state index in [1.807, 2.05) is 6.07 Å². The summed E-state index contributed by atoms with van der Waals surface area (Å²) in [6.07, 6.45) is 6.80. The first-order chi connectivity index (χ1) is 9.35. The molecular weight excluding hydrogens is 236 g/mol. The summed E-state index contributed by atoms with van der Waals surface area (Å²) in [6, 6.07) is 4.57. The van der Waals surface area contributed by atoms with Gasteiger partial charge >= 0.3 is 0 Å². The van der Waals surface area contributed by atoms with Gasteiger partial charge in [0.25, 0.3) is 0 Å². The number of nitrogens with zero attached hydrogens (tertiary/aromatic N) is 1. The maximum absolute atomic E-state index is 5.65. The van der Waals surface area contributed by atoms with Crippen LogP contribution in [0.3, 0.4) is 0 Å². The number of rotatable bonds is 7. The number of piperidine rings is 1. The van der Waals surface area contributed by atoms with Gasteiger partial charge in [-0.2, -0.15) is 0 Å². The van der Waals surface area contributed by atoms with Gasteiger partial charge in [-0.25, -0.2) is 0 Å². The van der Waals surface area contributed by atoms with Gasteiger partial charge in [0.2, 0.25) is 0 Å². The Morgan fingerprint density at radius 3 is 2.95 bits per heavy atom. The average molecular weight is 264 g/mol. The number of hydrogen-bond donors (Lipinski definition) is 1. The molecule has 0 radical (unpaired) electrons. The number of furan rings is 1. The predicted octanol–water partition coefficient (Wildman–Crippen LogP) is 3.44. The van der Waals surface area contributed by atoms with E-state index in [0.717, 1.165) is 24.6 Å². The largest absolute Gasteiger partial charge is 0.468 e. The Hall–Kier alpha value is -0.800. The van der Waals surface area contributed by atoms with Crippen molar-refractivity contribution < 1.29 is 4.42 Å². The van der Waals surface area contributed by atoms with Crippen LogP contribution < -0.4 is 5.32 Å². The Balaban J connectivity index is 2.00. The van der Waals surface area contributed by atoms with E-state index in [1.54, 1.807) is 6.26 Å². The van der Waals surface area contributed by atoms with Gasteiger partial charge in [-0.3, -0.25) is 4.90 Å². The normalized spacial score (nSPS) is 21.7.